The first-order valence-electron chi connectivity index (χ1n) is 7.50. The van der Waals surface area contributed by atoms with Crippen LogP contribution in [0.1, 0.15) is 12.5 Å². The summed E-state index contributed by atoms with van der Waals surface area (Å²) in [5.41, 5.74) is 3.94. The standard InChI is InChI=1S/C18H19N2O2S2/c1-12(21)22-20-16(11-24(2)3)13-8-9-18-15(10-13)19-14-6-4-5-7-17(14)23-18/h4-10,19H,11H2,1-3H3/q+1. The SMILES string of the molecule is CC(=O)ON=C(C[S+](C)C)c1ccc2c(c1)Nc1ccccc1S2. The molecule has 0 unspecified atom stereocenters. The van der Waals surface area contributed by atoms with E-state index >= 15 is 0 Å². The maximum atomic E-state index is 11.1. The van der Waals surface area contributed by atoms with E-state index < -0.39 is 5.97 Å². The van der Waals surface area contributed by atoms with Gasteiger partial charge in [-0.25, -0.2) is 4.79 Å². The zero-order valence-corrected chi connectivity index (χ0v) is 15.5. The van der Waals surface area contributed by atoms with Crippen molar-refractivity contribution in [3.05, 3.63) is 48.0 Å². The first kappa shape index (κ1) is 16.9. The maximum absolute atomic E-state index is 11.1. The normalized spacial score (nSPS) is 13.1. The van der Waals surface area contributed by atoms with Gasteiger partial charge in [0.1, 0.15) is 5.71 Å². The third-order valence-corrected chi connectivity index (χ3v) is 5.40. The van der Waals surface area contributed by atoms with Crippen LogP contribution in [-0.4, -0.2) is 29.9 Å². The first-order valence-corrected chi connectivity index (χ1v) is 10.5. The molecule has 0 aromatic heterocycles. The molecule has 6 heteroatoms. The Morgan fingerprint density at radius 2 is 1.92 bits per heavy atom. The highest BCUT2D eigenvalue weighted by molar-refractivity contribution is 7.99. The van der Waals surface area contributed by atoms with Crippen molar-refractivity contribution in [2.24, 2.45) is 5.16 Å². The number of nitrogens with zero attached hydrogens (tertiary/aromatic N) is 1. The van der Waals surface area contributed by atoms with Gasteiger partial charge in [-0.15, -0.1) is 0 Å². The fraction of sp³-hybridized carbons (Fsp3) is 0.222. The first-order chi connectivity index (χ1) is 11.5. The van der Waals surface area contributed by atoms with Crippen LogP contribution in [0, 0.1) is 0 Å². The third-order valence-electron chi connectivity index (χ3n) is 3.40. The van der Waals surface area contributed by atoms with E-state index in [4.69, 9.17) is 4.84 Å². The van der Waals surface area contributed by atoms with E-state index in [9.17, 15) is 4.79 Å². The molecule has 2 aromatic rings. The number of nitrogens with one attached hydrogen (secondary N) is 1. The Hall–Kier alpha value is -1.92. The summed E-state index contributed by atoms with van der Waals surface area (Å²) in [6, 6.07) is 14.4. The Bertz CT molecular complexity index is 803. The second-order valence-electron chi connectivity index (χ2n) is 5.68. The van der Waals surface area contributed by atoms with Gasteiger partial charge in [0, 0.05) is 22.3 Å². The number of fused-ring (bicyclic) bond motifs is 2. The van der Waals surface area contributed by atoms with Gasteiger partial charge in [-0.3, -0.25) is 0 Å². The number of para-hydroxylation sites is 1. The molecule has 24 heavy (non-hydrogen) atoms. The van der Waals surface area contributed by atoms with Gasteiger partial charge in [0.05, 0.1) is 23.9 Å². The molecule has 1 aliphatic heterocycles. The topological polar surface area (TPSA) is 50.7 Å². The highest BCUT2D eigenvalue weighted by atomic mass is 32.2. The van der Waals surface area contributed by atoms with Crippen molar-refractivity contribution >= 4 is 45.7 Å². The molecule has 0 saturated carbocycles. The lowest BCUT2D eigenvalue weighted by atomic mass is 10.1. The second-order valence-corrected chi connectivity index (χ2v) is 9.03. The number of rotatable bonds is 4. The molecule has 0 spiro atoms. The third kappa shape index (κ3) is 3.94. The van der Waals surface area contributed by atoms with E-state index in [1.54, 1.807) is 11.8 Å². The number of carbonyl (C=O) groups excluding carboxylic acids is 1. The Kier molecular flexibility index (Phi) is 5.16. The molecule has 0 aliphatic carbocycles. The summed E-state index contributed by atoms with van der Waals surface area (Å²) in [6.45, 7) is 1.36. The molecule has 4 nitrogen and oxygen atoms in total. The highest BCUT2D eigenvalue weighted by Crippen LogP contribution is 2.44. The van der Waals surface area contributed by atoms with E-state index in [1.165, 1.54) is 16.7 Å². The minimum atomic E-state index is -0.403. The Balaban J connectivity index is 1.92. The van der Waals surface area contributed by atoms with Gasteiger partial charge < -0.3 is 10.2 Å². The zero-order chi connectivity index (χ0) is 17.1. The Morgan fingerprint density at radius 1 is 1.17 bits per heavy atom. The van der Waals surface area contributed by atoms with Gasteiger partial charge in [0.25, 0.3) is 0 Å². The van der Waals surface area contributed by atoms with Crippen molar-refractivity contribution in [1.29, 1.82) is 0 Å². The van der Waals surface area contributed by atoms with Crippen molar-refractivity contribution in [2.45, 2.75) is 16.7 Å². The van der Waals surface area contributed by atoms with Gasteiger partial charge in [-0.1, -0.05) is 35.1 Å². The monoisotopic (exact) mass is 359 g/mol. The van der Waals surface area contributed by atoms with Crippen LogP contribution in [0.2, 0.25) is 0 Å². The van der Waals surface area contributed by atoms with Crippen molar-refractivity contribution in [2.75, 3.05) is 23.6 Å². The highest BCUT2D eigenvalue weighted by Gasteiger charge is 2.19. The van der Waals surface area contributed by atoms with Crippen LogP contribution in [0.25, 0.3) is 0 Å². The van der Waals surface area contributed by atoms with Gasteiger partial charge in [0.15, 0.2) is 5.75 Å². The van der Waals surface area contributed by atoms with Crippen LogP contribution in [0.15, 0.2) is 57.4 Å². The lowest BCUT2D eigenvalue weighted by Gasteiger charge is -2.21. The van der Waals surface area contributed by atoms with E-state index in [-0.39, 0.29) is 10.9 Å². The molecule has 1 aliphatic rings. The Morgan fingerprint density at radius 3 is 2.67 bits per heavy atom. The van der Waals surface area contributed by atoms with Gasteiger partial charge in [-0.2, -0.15) is 0 Å². The van der Waals surface area contributed by atoms with Crippen molar-refractivity contribution in [1.82, 2.24) is 0 Å². The fourth-order valence-electron chi connectivity index (χ4n) is 2.37. The van der Waals surface area contributed by atoms with Crippen LogP contribution in [0.5, 0.6) is 0 Å². The molecule has 0 atom stereocenters. The van der Waals surface area contributed by atoms with Crippen LogP contribution in [-0.2, 0) is 20.5 Å². The minimum Gasteiger partial charge on any atom is -0.354 e. The summed E-state index contributed by atoms with van der Waals surface area (Å²) in [4.78, 5) is 18.4. The average Bonchev–Trinajstić information content (AvgIpc) is 2.55. The zero-order valence-electron chi connectivity index (χ0n) is 13.8. The number of oxime groups is 1. The molecule has 0 radical (unpaired) electrons. The van der Waals surface area contributed by atoms with Gasteiger partial charge in [-0.05, 0) is 35.2 Å². The lowest BCUT2D eigenvalue weighted by molar-refractivity contribution is -0.140. The molecular weight excluding hydrogens is 340 g/mol. The van der Waals surface area contributed by atoms with Crippen LogP contribution in [0.3, 0.4) is 0 Å². The van der Waals surface area contributed by atoms with E-state index in [2.05, 4.69) is 47.2 Å². The molecule has 0 saturated heterocycles. The predicted molar refractivity (Wildman–Crippen MR) is 103 cm³/mol. The number of hydrogen-bond donors (Lipinski definition) is 1. The summed E-state index contributed by atoms with van der Waals surface area (Å²) >= 11 is 1.75. The summed E-state index contributed by atoms with van der Waals surface area (Å²) in [7, 11) is 0.153. The summed E-state index contributed by atoms with van der Waals surface area (Å²) < 4.78 is 0. The molecule has 2 aromatic carbocycles. The van der Waals surface area contributed by atoms with Gasteiger partial charge >= 0.3 is 5.97 Å². The number of benzene rings is 2. The van der Waals surface area contributed by atoms with E-state index in [1.807, 2.05) is 18.2 Å². The van der Waals surface area contributed by atoms with Gasteiger partial charge in [0.2, 0.25) is 0 Å². The van der Waals surface area contributed by atoms with E-state index in [0.717, 1.165) is 28.4 Å². The summed E-state index contributed by atoms with van der Waals surface area (Å²) in [5.74, 6) is 0.371. The molecule has 0 fully saturated rings. The second kappa shape index (κ2) is 7.32. The maximum Gasteiger partial charge on any atom is 0.331 e. The van der Waals surface area contributed by atoms with E-state index in [0.29, 0.717) is 0 Å². The molecule has 0 amide bonds. The lowest BCUT2D eigenvalue weighted by Crippen LogP contribution is -2.16. The summed E-state index contributed by atoms with van der Waals surface area (Å²) in [6.07, 6.45) is 4.29. The minimum absolute atomic E-state index is 0.153. The van der Waals surface area contributed by atoms with Crippen LogP contribution >= 0.6 is 11.8 Å². The van der Waals surface area contributed by atoms with Crippen molar-refractivity contribution < 1.29 is 9.63 Å². The number of anilines is 2. The molecule has 0 bridgehead atoms. The quantitative estimate of drug-likeness (QED) is 0.331. The summed E-state index contributed by atoms with van der Waals surface area (Å²) in [5, 5.41) is 7.54. The Labute approximate surface area is 149 Å². The molecule has 124 valence electrons. The number of carbonyl (C=O) groups is 1. The molecule has 1 N–H and O–H groups in total. The van der Waals surface area contributed by atoms with Crippen molar-refractivity contribution in [3.63, 3.8) is 0 Å². The smallest absolute Gasteiger partial charge is 0.331 e. The fourth-order valence-corrected chi connectivity index (χ4v) is 4.11. The molecular formula is C18H19N2O2S2+. The predicted octanol–water partition coefficient (Wildman–Crippen LogP) is 4.04. The molecule has 1 heterocycles. The van der Waals surface area contributed by atoms with Crippen LogP contribution < -0.4 is 5.32 Å². The average molecular weight is 359 g/mol. The van der Waals surface area contributed by atoms with Crippen molar-refractivity contribution in [3.8, 4) is 0 Å². The number of hydrogen-bond acceptors (Lipinski definition) is 5. The van der Waals surface area contributed by atoms with Crippen LogP contribution in [0.4, 0.5) is 11.4 Å². The largest absolute Gasteiger partial charge is 0.354 e. The molecule has 3 rings (SSSR count).